The molecule has 18 heavy (non-hydrogen) atoms. The smallest absolute Gasteiger partial charge is 0.188 e. The van der Waals surface area contributed by atoms with Gasteiger partial charge in [-0.2, -0.15) is 0 Å². The van der Waals surface area contributed by atoms with Crippen molar-refractivity contribution in [2.24, 2.45) is 0 Å². The van der Waals surface area contributed by atoms with Gasteiger partial charge in [0.2, 0.25) is 0 Å². The van der Waals surface area contributed by atoms with Crippen LogP contribution in [0, 0.1) is 5.82 Å². The summed E-state index contributed by atoms with van der Waals surface area (Å²) in [6.07, 6.45) is 5.95. The van der Waals surface area contributed by atoms with E-state index in [-0.39, 0.29) is 11.6 Å². The highest BCUT2D eigenvalue weighted by Gasteiger charge is 1.99. The normalized spacial score (nSPS) is 10.5. The molecule has 0 bridgehead atoms. The number of hydrogen-bond donors (Lipinski definition) is 1. The third kappa shape index (κ3) is 3.25. The molecule has 2 aromatic rings. The lowest BCUT2D eigenvalue weighted by atomic mass is 10.2. The Bertz CT molecular complexity index is 567. The van der Waals surface area contributed by atoms with Gasteiger partial charge >= 0.3 is 0 Å². The van der Waals surface area contributed by atoms with E-state index in [4.69, 9.17) is 0 Å². The van der Waals surface area contributed by atoms with Crippen LogP contribution in [0.3, 0.4) is 0 Å². The molecule has 3 nitrogen and oxygen atoms in total. The molecule has 0 saturated carbocycles. The van der Waals surface area contributed by atoms with Gasteiger partial charge in [0, 0.05) is 35.9 Å². The standard InChI is InChI=1S/C14H11FN2O/c15-12-4-1-5-13(9-12)17-8-6-14(18)11-3-2-7-16-10-11/h1-10,17H/b8-6-. The van der Waals surface area contributed by atoms with Crippen LogP contribution in [0.15, 0.2) is 61.1 Å². The maximum Gasteiger partial charge on any atom is 0.188 e. The highest BCUT2D eigenvalue weighted by Crippen LogP contribution is 2.09. The Morgan fingerprint density at radius 2 is 2.17 bits per heavy atom. The fraction of sp³-hybridized carbons (Fsp3) is 0. The van der Waals surface area contributed by atoms with Crippen molar-refractivity contribution in [2.45, 2.75) is 0 Å². The lowest BCUT2D eigenvalue weighted by Gasteiger charge is -1.99. The zero-order chi connectivity index (χ0) is 12.8. The first-order valence-electron chi connectivity index (χ1n) is 5.39. The van der Waals surface area contributed by atoms with Crippen LogP contribution in [0.2, 0.25) is 0 Å². The Balaban J connectivity index is 1.98. The fourth-order valence-corrected chi connectivity index (χ4v) is 1.40. The molecule has 1 N–H and O–H groups in total. The van der Waals surface area contributed by atoms with Gasteiger partial charge in [0.05, 0.1) is 0 Å². The Kier molecular flexibility index (Phi) is 3.81. The first-order chi connectivity index (χ1) is 8.75. The molecular formula is C14H11FN2O. The van der Waals surface area contributed by atoms with Crippen LogP contribution in [0.4, 0.5) is 10.1 Å². The van der Waals surface area contributed by atoms with E-state index < -0.39 is 0 Å². The molecule has 0 spiro atoms. The molecule has 90 valence electrons. The third-order valence-corrected chi connectivity index (χ3v) is 2.26. The second-order valence-electron chi connectivity index (χ2n) is 3.59. The van der Waals surface area contributed by atoms with Gasteiger partial charge in [-0.15, -0.1) is 0 Å². The number of halogens is 1. The summed E-state index contributed by atoms with van der Waals surface area (Å²) in [5, 5.41) is 2.82. The molecule has 4 heteroatoms. The van der Waals surface area contributed by atoms with E-state index in [1.165, 1.54) is 30.6 Å². The molecule has 1 heterocycles. The summed E-state index contributed by atoms with van der Waals surface area (Å²) < 4.78 is 12.9. The highest BCUT2D eigenvalue weighted by atomic mass is 19.1. The largest absolute Gasteiger partial charge is 0.361 e. The van der Waals surface area contributed by atoms with Crippen molar-refractivity contribution in [3.8, 4) is 0 Å². The first kappa shape index (κ1) is 12.0. The summed E-state index contributed by atoms with van der Waals surface area (Å²) in [4.78, 5) is 15.5. The molecule has 0 unspecified atom stereocenters. The van der Waals surface area contributed by atoms with E-state index in [0.29, 0.717) is 11.3 Å². The SMILES string of the molecule is O=C(/C=C\Nc1cccc(F)c1)c1cccnc1. The third-order valence-electron chi connectivity index (χ3n) is 2.26. The molecule has 2 rings (SSSR count). The minimum atomic E-state index is -0.327. The van der Waals surface area contributed by atoms with Crippen molar-refractivity contribution in [1.29, 1.82) is 0 Å². The number of anilines is 1. The van der Waals surface area contributed by atoms with Crippen LogP contribution in [-0.2, 0) is 0 Å². The minimum Gasteiger partial charge on any atom is -0.361 e. The van der Waals surface area contributed by atoms with Crippen LogP contribution in [-0.4, -0.2) is 10.8 Å². The number of aromatic nitrogens is 1. The van der Waals surface area contributed by atoms with Gasteiger partial charge in [-0.3, -0.25) is 9.78 Å². The van der Waals surface area contributed by atoms with Gasteiger partial charge in [0.15, 0.2) is 5.78 Å². The van der Waals surface area contributed by atoms with Crippen LogP contribution in [0.1, 0.15) is 10.4 Å². The summed E-state index contributed by atoms with van der Waals surface area (Å²) >= 11 is 0. The number of benzene rings is 1. The highest BCUT2D eigenvalue weighted by molar-refractivity contribution is 6.04. The number of allylic oxidation sites excluding steroid dienone is 1. The van der Waals surface area contributed by atoms with Crippen LogP contribution in [0.5, 0.6) is 0 Å². The van der Waals surface area contributed by atoms with Gasteiger partial charge < -0.3 is 5.32 Å². The Morgan fingerprint density at radius 1 is 1.28 bits per heavy atom. The molecule has 1 aromatic carbocycles. The van der Waals surface area contributed by atoms with E-state index in [0.717, 1.165) is 0 Å². The maximum atomic E-state index is 12.9. The predicted molar refractivity (Wildman–Crippen MR) is 67.7 cm³/mol. The van der Waals surface area contributed by atoms with Gasteiger partial charge in [0.25, 0.3) is 0 Å². The van der Waals surface area contributed by atoms with Crippen molar-refractivity contribution in [3.63, 3.8) is 0 Å². The van der Waals surface area contributed by atoms with E-state index in [2.05, 4.69) is 10.3 Å². The number of pyridine rings is 1. The molecular weight excluding hydrogens is 231 g/mol. The Morgan fingerprint density at radius 3 is 2.89 bits per heavy atom. The molecule has 0 aliphatic heterocycles. The summed E-state index contributed by atoms with van der Waals surface area (Å²) in [7, 11) is 0. The molecule has 0 fully saturated rings. The second-order valence-corrected chi connectivity index (χ2v) is 3.59. The van der Waals surface area contributed by atoms with Crippen molar-refractivity contribution in [1.82, 2.24) is 4.98 Å². The second kappa shape index (κ2) is 5.72. The van der Waals surface area contributed by atoms with Crippen molar-refractivity contribution in [3.05, 3.63) is 72.4 Å². The average molecular weight is 242 g/mol. The number of carbonyl (C=O) groups excluding carboxylic acids is 1. The van der Waals surface area contributed by atoms with E-state index in [1.54, 1.807) is 30.5 Å². The molecule has 0 atom stereocenters. The van der Waals surface area contributed by atoms with Gasteiger partial charge in [-0.1, -0.05) is 6.07 Å². The zero-order valence-electron chi connectivity index (χ0n) is 9.51. The van der Waals surface area contributed by atoms with E-state index >= 15 is 0 Å². The number of hydrogen-bond acceptors (Lipinski definition) is 3. The molecule has 0 radical (unpaired) electrons. The molecule has 1 aromatic heterocycles. The van der Waals surface area contributed by atoms with Crippen LogP contribution >= 0.6 is 0 Å². The lowest BCUT2D eigenvalue weighted by molar-refractivity contribution is 0.104. The number of ketones is 1. The first-order valence-corrected chi connectivity index (χ1v) is 5.39. The zero-order valence-corrected chi connectivity index (χ0v) is 9.51. The average Bonchev–Trinajstić information content (AvgIpc) is 2.40. The number of carbonyl (C=O) groups is 1. The topological polar surface area (TPSA) is 42.0 Å². The van der Waals surface area contributed by atoms with Crippen molar-refractivity contribution >= 4 is 11.5 Å². The molecule has 0 saturated heterocycles. The number of rotatable bonds is 4. The van der Waals surface area contributed by atoms with Crippen LogP contribution < -0.4 is 5.32 Å². The quantitative estimate of drug-likeness (QED) is 0.662. The van der Waals surface area contributed by atoms with Gasteiger partial charge in [0.1, 0.15) is 5.82 Å². The van der Waals surface area contributed by atoms with E-state index in [1.807, 2.05) is 0 Å². The summed E-state index contributed by atoms with van der Waals surface area (Å²) in [5.74, 6) is -0.487. The lowest BCUT2D eigenvalue weighted by Crippen LogP contribution is -1.96. The summed E-state index contributed by atoms with van der Waals surface area (Å²) in [6.45, 7) is 0. The van der Waals surface area contributed by atoms with Crippen LogP contribution in [0.25, 0.3) is 0 Å². The number of nitrogens with zero attached hydrogens (tertiary/aromatic N) is 1. The minimum absolute atomic E-state index is 0.160. The van der Waals surface area contributed by atoms with Crippen molar-refractivity contribution in [2.75, 3.05) is 5.32 Å². The fourth-order valence-electron chi connectivity index (χ4n) is 1.40. The summed E-state index contributed by atoms with van der Waals surface area (Å²) in [5.41, 5.74) is 1.10. The Labute approximate surface area is 104 Å². The molecule has 0 aliphatic carbocycles. The van der Waals surface area contributed by atoms with Gasteiger partial charge in [-0.25, -0.2) is 4.39 Å². The summed E-state index contributed by atoms with van der Waals surface area (Å²) in [6, 6.07) is 9.38. The van der Waals surface area contributed by atoms with E-state index in [9.17, 15) is 9.18 Å². The number of nitrogens with one attached hydrogen (secondary N) is 1. The predicted octanol–water partition coefficient (Wildman–Crippen LogP) is 3.03. The Hall–Kier alpha value is -2.49. The maximum absolute atomic E-state index is 12.9. The monoisotopic (exact) mass is 242 g/mol. The van der Waals surface area contributed by atoms with Gasteiger partial charge in [-0.05, 0) is 30.3 Å². The van der Waals surface area contributed by atoms with Crippen molar-refractivity contribution < 1.29 is 9.18 Å². The molecule has 0 aliphatic rings. The molecule has 0 amide bonds.